The average Bonchev–Trinajstić information content (AvgIpc) is 3.56. The molecule has 2 fully saturated rings. The van der Waals surface area contributed by atoms with E-state index >= 15 is 0 Å². The number of aryl methyl sites for hydroxylation is 2. The van der Waals surface area contributed by atoms with Crippen LogP contribution in [-0.4, -0.2) is 58.6 Å². The molecule has 1 saturated heterocycles. The van der Waals surface area contributed by atoms with Crippen LogP contribution in [0.1, 0.15) is 38.4 Å². The Balaban J connectivity index is 1.45. The van der Waals surface area contributed by atoms with Gasteiger partial charge in [0.1, 0.15) is 29.6 Å². The van der Waals surface area contributed by atoms with Gasteiger partial charge >= 0.3 is 0 Å². The zero-order valence-corrected chi connectivity index (χ0v) is 17.8. The van der Waals surface area contributed by atoms with Crippen molar-refractivity contribution in [3.05, 3.63) is 24.5 Å². The van der Waals surface area contributed by atoms with E-state index in [0.29, 0.717) is 54.3 Å². The number of nitrogens with zero attached hydrogens (tertiary/aromatic N) is 7. The van der Waals surface area contributed by atoms with E-state index in [1.54, 1.807) is 18.7 Å². The summed E-state index contributed by atoms with van der Waals surface area (Å²) in [7, 11) is 0. The van der Waals surface area contributed by atoms with E-state index in [2.05, 4.69) is 32.2 Å². The second kappa shape index (κ2) is 7.68. The van der Waals surface area contributed by atoms with E-state index in [-0.39, 0.29) is 6.04 Å². The maximum Gasteiger partial charge on any atom is 0.165 e. The summed E-state index contributed by atoms with van der Waals surface area (Å²) in [5, 5.41) is 20.2. The molecule has 0 bridgehead atoms. The van der Waals surface area contributed by atoms with Crippen LogP contribution in [0.25, 0.3) is 22.6 Å². The van der Waals surface area contributed by atoms with Crippen LogP contribution in [-0.2, 0) is 6.54 Å². The fraction of sp³-hybridized carbons (Fsp3) is 0.476. The van der Waals surface area contributed by atoms with E-state index in [1.807, 2.05) is 16.4 Å². The maximum absolute atomic E-state index is 8.40. The molecule has 5 rings (SSSR count). The molecular weight excluding hydrogens is 392 g/mol. The molecule has 4 heterocycles. The Labute approximate surface area is 180 Å². The van der Waals surface area contributed by atoms with Gasteiger partial charge in [0, 0.05) is 43.9 Å². The van der Waals surface area contributed by atoms with Crippen LogP contribution in [0.4, 0.5) is 5.82 Å². The van der Waals surface area contributed by atoms with Gasteiger partial charge in [-0.25, -0.2) is 24.9 Å². The van der Waals surface area contributed by atoms with Crippen molar-refractivity contribution in [1.82, 2.24) is 34.4 Å². The highest BCUT2D eigenvalue weighted by Crippen LogP contribution is 2.33. The Hall–Kier alpha value is -3.43. The molecule has 3 aromatic heterocycles. The number of piperidine rings is 1. The Bertz CT molecular complexity index is 1140. The molecule has 3 aromatic rings. The maximum atomic E-state index is 8.40. The first kappa shape index (κ1) is 19.5. The highest BCUT2D eigenvalue weighted by molar-refractivity contribution is 6.00. The number of fused-ring (bicyclic) bond motifs is 1. The zero-order chi connectivity index (χ0) is 21.5. The Kier molecular flexibility index (Phi) is 4.84. The van der Waals surface area contributed by atoms with E-state index in [4.69, 9.17) is 15.8 Å². The van der Waals surface area contributed by atoms with Gasteiger partial charge in [-0.1, -0.05) is 0 Å². The molecule has 2 aliphatic rings. The van der Waals surface area contributed by atoms with Crippen molar-refractivity contribution < 1.29 is 0 Å². The number of hydrogen-bond donors (Lipinski definition) is 3. The van der Waals surface area contributed by atoms with Crippen LogP contribution in [0.5, 0.6) is 0 Å². The van der Waals surface area contributed by atoms with Gasteiger partial charge < -0.3 is 14.8 Å². The van der Waals surface area contributed by atoms with E-state index < -0.39 is 0 Å². The predicted octanol–water partition coefficient (Wildman–Crippen LogP) is 2.85. The summed E-state index contributed by atoms with van der Waals surface area (Å²) in [4.78, 5) is 24.3. The molecule has 0 spiro atoms. The SMILES string of the molecule is CCn1c(-c2cnc(C)nc2)nc2c(NC3CCC(=N)N(C(=N)C4CC4)C3)ncnc21. The molecular formula is C21H26N10. The minimum atomic E-state index is 0.0873. The Morgan fingerprint density at radius 3 is 2.65 bits per heavy atom. The Morgan fingerprint density at radius 2 is 1.94 bits per heavy atom. The minimum Gasteiger partial charge on any atom is -0.364 e. The van der Waals surface area contributed by atoms with Crippen LogP contribution < -0.4 is 5.32 Å². The molecule has 10 heteroatoms. The molecule has 0 aromatic carbocycles. The summed E-state index contributed by atoms with van der Waals surface area (Å²) >= 11 is 0. The van der Waals surface area contributed by atoms with Gasteiger partial charge in [0.25, 0.3) is 0 Å². The van der Waals surface area contributed by atoms with Gasteiger partial charge in [0.2, 0.25) is 0 Å². The number of hydrogen-bond acceptors (Lipinski definition) is 8. The number of imidazole rings is 1. The normalized spacial score (nSPS) is 19.1. The lowest BCUT2D eigenvalue weighted by atomic mass is 10.0. The molecule has 1 aliphatic heterocycles. The number of nitrogens with one attached hydrogen (secondary N) is 3. The van der Waals surface area contributed by atoms with Crippen molar-refractivity contribution in [3.63, 3.8) is 0 Å². The second-order valence-electron chi connectivity index (χ2n) is 8.19. The summed E-state index contributed by atoms with van der Waals surface area (Å²) in [6.07, 6.45) is 8.72. The summed E-state index contributed by atoms with van der Waals surface area (Å²) in [6.45, 7) is 5.23. The van der Waals surface area contributed by atoms with Gasteiger partial charge in [0.15, 0.2) is 17.0 Å². The molecule has 3 N–H and O–H groups in total. The molecule has 1 unspecified atom stereocenters. The van der Waals surface area contributed by atoms with Crippen LogP contribution in [0, 0.1) is 23.7 Å². The van der Waals surface area contributed by atoms with E-state index in [9.17, 15) is 0 Å². The lowest BCUT2D eigenvalue weighted by molar-refractivity contribution is 0.453. The number of aromatic nitrogens is 6. The molecule has 10 nitrogen and oxygen atoms in total. The number of amidine groups is 2. The minimum absolute atomic E-state index is 0.0873. The number of anilines is 1. The first-order chi connectivity index (χ1) is 15.0. The molecule has 1 atom stereocenters. The topological polar surface area (TPSA) is 132 Å². The van der Waals surface area contributed by atoms with Gasteiger partial charge in [-0.3, -0.25) is 10.8 Å². The predicted molar refractivity (Wildman–Crippen MR) is 118 cm³/mol. The third-order valence-corrected chi connectivity index (χ3v) is 5.94. The largest absolute Gasteiger partial charge is 0.364 e. The number of rotatable bonds is 5. The quantitative estimate of drug-likeness (QED) is 0.429. The van der Waals surface area contributed by atoms with Crippen LogP contribution in [0.2, 0.25) is 0 Å². The van der Waals surface area contributed by atoms with E-state index in [0.717, 1.165) is 36.3 Å². The van der Waals surface area contributed by atoms with Crippen molar-refractivity contribution in [2.75, 3.05) is 11.9 Å². The Morgan fingerprint density at radius 1 is 1.16 bits per heavy atom. The van der Waals surface area contributed by atoms with Crippen molar-refractivity contribution in [3.8, 4) is 11.4 Å². The summed E-state index contributed by atoms with van der Waals surface area (Å²) in [5.74, 6) is 3.62. The highest BCUT2D eigenvalue weighted by Gasteiger charge is 2.35. The molecule has 160 valence electrons. The molecule has 0 amide bonds. The van der Waals surface area contributed by atoms with Crippen molar-refractivity contribution in [2.24, 2.45) is 5.92 Å². The van der Waals surface area contributed by atoms with E-state index in [1.165, 1.54) is 0 Å². The first-order valence-electron chi connectivity index (χ1n) is 10.7. The molecule has 0 radical (unpaired) electrons. The van der Waals surface area contributed by atoms with Crippen molar-refractivity contribution in [1.29, 1.82) is 10.8 Å². The first-order valence-corrected chi connectivity index (χ1v) is 10.7. The standard InChI is InChI=1S/C21H26N10/c1-3-30-20(14-8-24-12(2)25-9-14)29-17-19(26-11-27-21(17)30)28-15-6-7-16(22)31(10-15)18(23)13-4-5-13/h8-9,11,13,15,22-23H,3-7,10H2,1-2H3,(H,26,27,28). The molecule has 1 saturated carbocycles. The molecule has 31 heavy (non-hydrogen) atoms. The van der Waals surface area contributed by atoms with Crippen LogP contribution >= 0.6 is 0 Å². The molecule has 1 aliphatic carbocycles. The van der Waals surface area contributed by atoms with Crippen molar-refractivity contribution in [2.45, 2.75) is 52.1 Å². The summed E-state index contributed by atoms with van der Waals surface area (Å²) in [6, 6.07) is 0.0873. The highest BCUT2D eigenvalue weighted by atomic mass is 15.3. The van der Waals surface area contributed by atoms with Gasteiger partial charge in [-0.15, -0.1) is 0 Å². The van der Waals surface area contributed by atoms with Crippen LogP contribution in [0.3, 0.4) is 0 Å². The van der Waals surface area contributed by atoms with Crippen molar-refractivity contribution >= 4 is 28.7 Å². The lowest BCUT2D eigenvalue weighted by Crippen LogP contribution is -2.48. The fourth-order valence-electron chi connectivity index (χ4n) is 4.07. The van der Waals surface area contributed by atoms with Gasteiger partial charge in [0.05, 0.1) is 5.56 Å². The lowest BCUT2D eigenvalue weighted by Gasteiger charge is -2.35. The summed E-state index contributed by atoms with van der Waals surface area (Å²) < 4.78 is 2.04. The summed E-state index contributed by atoms with van der Waals surface area (Å²) in [5.41, 5.74) is 2.32. The van der Waals surface area contributed by atoms with Crippen LogP contribution in [0.15, 0.2) is 18.7 Å². The average molecular weight is 419 g/mol. The fourth-order valence-corrected chi connectivity index (χ4v) is 4.07. The van der Waals surface area contributed by atoms with Gasteiger partial charge in [-0.05, 0) is 33.1 Å². The second-order valence-corrected chi connectivity index (χ2v) is 8.19. The third kappa shape index (κ3) is 3.62. The van der Waals surface area contributed by atoms with Gasteiger partial charge in [-0.2, -0.15) is 0 Å². The monoisotopic (exact) mass is 418 g/mol. The number of likely N-dealkylation sites (tertiary alicyclic amines) is 1. The smallest absolute Gasteiger partial charge is 0.165 e. The third-order valence-electron chi connectivity index (χ3n) is 5.94. The zero-order valence-electron chi connectivity index (χ0n) is 17.8.